The lowest BCUT2D eigenvalue weighted by Gasteiger charge is -2.28. The Kier molecular flexibility index (Phi) is 5.31. The van der Waals surface area contributed by atoms with Crippen LogP contribution < -0.4 is 5.32 Å². The van der Waals surface area contributed by atoms with Gasteiger partial charge in [0.25, 0.3) is 0 Å². The van der Waals surface area contributed by atoms with Gasteiger partial charge in [0.15, 0.2) is 5.11 Å². The summed E-state index contributed by atoms with van der Waals surface area (Å²) in [5, 5.41) is 13.5. The molecular formula is C22H22N4O2S. The van der Waals surface area contributed by atoms with Crippen molar-refractivity contribution in [1.82, 2.24) is 19.8 Å². The van der Waals surface area contributed by atoms with Gasteiger partial charge in [-0.05, 0) is 61.1 Å². The fourth-order valence-electron chi connectivity index (χ4n) is 3.87. The van der Waals surface area contributed by atoms with E-state index in [1.165, 1.54) is 0 Å². The van der Waals surface area contributed by atoms with Gasteiger partial charge >= 0.3 is 5.97 Å². The Bertz CT molecular complexity index is 1030. The van der Waals surface area contributed by atoms with Gasteiger partial charge in [0.05, 0.1) is 23.3 Å². The summed E-state index contributed by atoms with van der Waals surface area (Å²) in [4.78, 5) is 18.2. The number of rotatable bonds is 6. The molecule has 0 radical (unpaired) electrons. The highest BCUT2D eigenvalue weighted by molar-refractivity contribution is 7.80. The average Bonchev–Trinajstić information content (AvgIpc) is 3.34. The minimum atomic E-state index is -0.941. The van der Waals surface area contributed by atoms with Crippen molar-refractivity contribution in [3.05, 3.63) is 83.9 Å². The molecule has 3 aromatic rings. The molecule has 0 bridgehead atoms. The summed E-state index contributed by atoms with van der Waals surface area (Å²) in [7, 11) is 0. The number of nitrogens with zero attached hydrogens (tertiary/aromatic N) is 3. The molecule has 1 saturated heterocycles. The van der Waals surface area contributed by atoms with Crippen LogP contribution in [0.3, 0.4) is 0 Å². The molecule has 3 heterocycles. The summed E-state index contributed by atoms with van der Waals surface area (Å²) >= 11 is 5.65. The van der Waals surface area contributed by atoms with E-state index >= 15 is 0 Å². The number of aromatic carboxylic acids is 1. The molecule has 4 rings (SSSR count). The zero-order valence-corrected chi connectivity index (χ0v) is 16.8. The quantitative estimate of drug-likeness (QED) is 0.604. The molecule has 6 nitrogen and oxygen atoms in total. The number of nitrogens with one attached hydrogen (secondary N) is 1. The van der Waals surface area contributed by atoms with Crippen molar-refractivity contribution in [3.63, 3.8) is 0 Å². The SMILES string of the molecule is CCCN1C(=S)N[C@H](c2ccccn2)[C@H]1c1cccn1-c1cccc(C(=O)O)c1. The van der Waals surface area contributed by atoms with E-state index in [9.17, 15) is 9.90 Å². The first-order valence-electron chi connectivity index (χ1n) is 9.59. The summed E-state index contributed by atoms with van der Waals surface area (Å²) in [5.74, 6) is -0.941. The zero-order valence-electron chi connectivity index (χ0n) is 16.0. The number of carboxylic acids is 1. The van der Waals surface area contributed by atoms with E-state index in [1.807, 2.05) is 41.1 Å². The summed E-state index contributed by atoms with van der Waals surface area (Å²) in [6.07, 6.45) is 4.70. The summed E-state index contributed by atoms with van der Waals surface area (Å²) in [6, 6.07) is 16.7. The first-order valence-corrected chi connectivity index (χ1v) is 10.00. The van der Waals surface area contributed by atoms with Gasteiger partial charge in [-0.2, -0.15) is 0 Å². The normalized spacial score (nSPS) is 18.7. The molecule has 1 aliphatic heterocycles. The van der Waals surface area contributed by atoms with Gasteiger partial charge in [-0.1, -0.05) is 19.1 Å². The molecule has 7 heteroatoms. The first kappa shape index (κ1) is 19.1. The Morgan fingerprint density at radius 3 is 2.79 bits per heavy atom. The predicted molar refractivity (Wildman–Crippen MR) is 115 cm³/mol. The molecule has 0 unspecified atom stereocenters. The zero-order chi connectivity index (χ0) is 20.4. The van der Waals surface area contributed by atoms with Crippen molar-refractivity contribution in [2.24, 2.45) is 0 Å². The van der Waals surface area contributed by atoms with Gasteiger partial charge in [0.2, 0.25) is 0 Å². The van der Waals surface area contributed by atoms with Crippen molar-refractivity contribution in [3.8, 4) is 5.69 Å². The second kappa shape index (κ2) is 8.05. The standard InChI is InChI=1S/C22H22N4O2S/c1-2-12-26-20(19(24-22(26)29)17-9-3-4-11-23-17)18-10-6-13-25(18)16-8-5-7-15(14-16)21(27)28/h3-11,13-14,19-20H,2,12H2,1H3,(H,24,29)(H,27,28)/t19-,20-/m1/s1. The Morgan fingerprint density at radius 2 is 2.07 bits per heavy atom. The van der Waals surface area contributed by atoms with E-state index < -0.39 is 5.97 Å². The second-order valence-electron chi connectivity index (χ2n) is 6.98. The van der Waals surface area contributed by atoms with Crippen LogP contribution in [0.5, 0.6) is 0 Å². The summed E-state index contributed by atoms with van der Waals surface area (Å²) < 4.78 is 2.03. The molecule has 0 spiro atoms. The van der Waals surface area contributed by atoms with E-state index in [-0.39, 0.29) is 17.6 Å². The highest BCUT2D eigenvalue weighted by atomic mass is 32.1. The van der Waals surface area contributed by atoms with Gasteiger partial charge in [0, 0.05) is 30.3 Å². The highest BCUT2D eigenvalue weighted by Crippen LogP contribution is 2.39. The Hall–Kier alpha value is -3.19. The first-order chi connectivity index (χ1) is 14.1. The van der Waals surface area contributed by atoms with Crippen LogP contribution in [0.2, 0.25) is 0 Å². The van der Waals surface area contributed by atoms with Gasteiger partial charge in [-0.3, -0.25) is 4.98 Å². The smallest absolute Gasteiger partial charge is 0.335 e. The third-order valence-corrected chi connectivity index (χ3v) is 5.47. The van der Waals surface area contributed by atoms with Crippen molar-refractivity contribution in [2.45, 2.75) is 25.4 Å². The van der Waals surface area contributed by atoms with E-state index in [4.69, 9.17) is 12.2 Å². The fraction of sp³-hybridized carbons (Fsp3) is 0.227. The number of pyridine rings is 1. The van der Waals surface area contributed by atoms with Gasteiger partial charge < -0.3 is 19.9 Å². The fourth-order valence-corrected chi connectivity index (χ4v) is 4.20. The molecule has 2 N–H and O–H groups in total. The van der Waals surface area contributed by atoms with Crippen LogP contribution in [0, 0.1) is 0 Å². The van der Waals surface area contributed by atoms with Crippen LogP contribution in [0.25, 0.3) is 5.69 Å². The Morgan fingerprint density at radius 1 is 1.21 bits per heavy atom. The number of hydrogen-bond acceptors (Lipinski definition) is 3. The monoisotopic (exact) mass is 406 g/mol. The van der Waals surface area contributed by atoms with Crippen LogP contribution in [0.1, 0.15) is 47.2 Å². The maximum atomic E-state index is 11.4. The number of thiocarbonyl (C=S) groups is 1. The van der Waals surface area contributed by atoms with Crippen molar-refractivity contribution in [1.29, 1.82) is 0 Å². The van der Waals surface area contributed by atoms with Crippen molar-refractivity contribution in [2.75, 3.05) is 6.54 Å². The minimum absolute atomic E-state index is 0.0548. The molecule has 1 aliphatic rings. The van der Waals surface area contributed by atoms with Crippen molar-refractivity contribution >= 4 is 23.3 Å². The Balaban J connectivity index is 1.81. The largest absolute Gasteiger partial charge is 0.478 e. The molecule has 0 aliphatic carbocycles. The third-order valence-electron chi connectivity index (χ3n) is 5.12. The Labute approximate surface area is 174 Å². The van der Waals surface area contributed by atoms with E-state index in [2.05, 4.69) is 28.2 Å². The number of benzene rings is 1. The number of hydrogen-bond donors (Lipinski definition) is 2. The molecular weight excluding hydrogens is 384 g/mol. The lowest BCUT2D eigenvalue weighted by atomic mass is 10.0. The van der Waals surface area contributed by atoms with Crippen LogP contribution in [0.15, 0.2) is 67.0 Å². The molecule has 0 saturated carbocycles. The van der Waals surface area contributed by atoms with E-state index in [0.29, 0.717) is 5.11 Å². The maximum absolute atomic E-state index is 11.4. The molecule has 1 aromatic carbocycles. The third kappa shape index (κ3) is 3.61. The van der Waals surface area contributed by atoms with Crippen LogP contribution >= 0.6 is 12.2 Å². The van der Waals surface area contributed by atoms with Crippen LogP contribution in [0.4, 0.5) is 0 Å². The molecule has 1 fully saturated rings. The molecule has 29 heavy (non-hydrogen) atoms. The molecule has 2 aromatic heterocycles. The molecule has 0 amide bonds. The molecule has 2 atom stereocenters. The van der Waals surface area contributed by atoms with Gasteiger partial charge in [0.1, 0.15) is 0 Å². The lowest BCUT2D eigenvalue weighted by Crippen LogP contribution is -2.31. The minimum Gasteiger partial charge on any atom is -0.478 e. The molecule has 148 valence electrons. The maximum Gasteiger partial charge on any atom is 0.335 e. The van der Waals surface area contributed by atoms with Gasteiger partial charge in [-0.25, -0.2) is 4.79 Å². The predicted octanol–water partition coefficient (Wildman–Crippen LogP) is 3.95. The lowest BCUT2D eigenvalue weighted by molar-refractivity contribution is 0.0697. The number of carbonyl (C=O) groups is 1. The topological polar surface area (TPSA) is 70.4 Å². The summed E-state index contributed by atoms with van der Waals surface area (Å²) in [5.41, 5.74) is 3.02. The van der Waals surface area contributed by atoms with Crippen LogP contribution in [-0.2, 0) is 0 Å². The number of aromatic nitrogens is 2. The van der Waals surface area contributed by atoms with E-state index in [1.54, 1.807) is 24.4 Å². The van der Waals surface area contributed by atoms with Crippen molar-refractivity contribution < 1.29 is 9.90 Å². The van der Waals surface area contributed by atoms with E-state index in [0.717, 1.165) is 30.0 Å². The van der Waals surface area contributed by atoms with Crippen LogP contribution in [-0.4, -0.2) is 37.2 Å². The van der Waals surface area contributed by atoms with Gasteiger partial charge in [-0.15, -0.1) is 0 Å². The summed E-state index contributed by atoms with van der Waals surface area (Å²) in [6.45, 7) is 2.95. The number of carboxylic acid groups (broad SMARTS) is 1. The second-order valence-corrected chi connectivity index (χ2v) is 7.37. The average molecular weight is 407 g/mol. The highest BCUT2D eigenvalue weighted by Gasteiger charge is 2.40.